The van der Waals surface area contributed by atoms with Crippen molar-refractivity contribution in [2.75, 3.05) is 14.2 Å². The molecule has 0 atom stereocenters. The molecule has 0 aliphatic heterocycles. The molecule has 0 saturated carbocycles. The highest BCUT2D eigenvalue weighted by molar-refractivity contribution is 5.95. The zero-order valence-corrected chi connectivity index (χ0v) is 20.6. The molecule has 7 nitrogen and oxygen atoms in total. The Kier molecular flexibility index (Phi) is 8.96. The molecule has 34 heavy (non-hydrogen) atoms. The molecular weight excluding hydrogens is 430 g/mol. The van der Waals surface area contributed by atoms with Gasteiger partial charge in [-0.05, 0) is 35.6 Å². The summed E-state index contributed by atoms with van der Waals surface area (Å²) in [6, 6.07) is 15.0. The van der Waals surface area contributed by atoms with Gasteiger partial charge in [-0.3, -0.25) is 0 Å². The SMILES string of the molecule is CCCCc1nc(C(CCCC)(OC)OC)nn1Cc1ccc(-c2ccccc2C(=O)O)cc1. The number of carbonyl (C=O) groups is 1. The van der Waals surface area contributed by atoms with E-state index in [1.807, 2.05) is 41.1 Å². The van der Waals surface area contributed by atoms with Crippen molar-refractivity contribution in [2.24, 2.45) is 0 Å². The quantitative estimate of drug-likeness (QED) is 0.327. The second kappa shape index (κ2) is 11.9. The van der Waals surface area contributed by atoms with E-state index < -0.39 is 11.8 Å². The molecule has 182 valence electrons. The first-order valence-electron chi connectivity index (χ1n) is 11.9. The lowest BCUT2D eigenvalue weighted by Gasteiger charge is -2.27. The molecule has 1 heterocycles. The van der Waals surface area contributed by atoms with E-state index in [1.165, 1.54) is 0 Å². The molecule has 7 heteroatoms. The average molecular weight is 466 g/mol. The number of carboxylic acid groups (broad SMARTS) is 1. The number of rotatable bonds is 13. The summed E-state index contributed by atoms with van der Waals surface area (Å²) < 4.78 is 13.5. The number of unbranched alkanes of at least 4 members (excludes halogenated alkanes) is 2. The monoisotopic (exact) mass is 465 g/mol. The average Bonchev–Trinajstić information content (AvgIpc) is 3.27. The molecular formula is C27H35N3O4. The van der Waals surface area contributed by atoms with Crippen LogP contribution in [0.3, 0.4) is 0 Å². The first-order chi connectivity index (χ1) is 16.5. The minimum atomic E-state index is -0.952. The van der Waals surface area contributed by atoms with Crippen molar-refractivity contribution < 1.29 is 19.4 Å². The molecule has 3 aromatic rings. The number of ether oxygens (including phenoxy) is 2. The van der Waals surface area contributed by atoms with Gasteiger partial charge in [0.15, 0.2) is 0 Å². The molecule has 0 aliphatic rings. The minimum absolute atomic E-state index is 0.292. The van der Waals surface area contributed by atoms with Gasteiger partial charge >= 0.3 is 5.97 Å². The van der Waals surface area contributed by atoms with Crippen LogP contribution < -0.4 is 0 Å². The van der Waals surface area contributed by atoms with Gasteiger partial charge in [0.2, 0.25) is 11.6 Å². The highest BCUT2D eigenvalue weighted by Gasteiger charge is 2.37. The normalized spacial score (nSPS) is 11.6. The van der Waals surface area contributed by atoms with Crippen LogP contribution in [0.15, 0.2) is 48.5 Å². The van der Waals surface area contributed by atoms with Crippen molar-refractivity contribution in [3.63, 3.8) is 0 Å². The summed E-state index contributed by atoms with van der Waals surface area (Å²) in [7, 11) is 3.28. The van der Waals surface area contributed by atoms with Gasteiger partial charge in [0, 0.05) is 27.1 Å². The molecule has 0 fully saturated rings. The van der Waals surface area contributed by atoms with Crippen molar-refractivity contribution in [3.8, 4) is 11.1 Å². The van der Waals surface area contributed by atoms with Gasteiger partial charge in [0.05, 0.1) is 12.1 Å². The lowest BCUT2D eigenvalue weighted by Crippen LogP contribution is -2.32. The zero-order valence-electron chi connectivity index (χ0n) is 20.6. The van der Waals surface area contributed by atoms with Crippen LogP contribution in [0.5, 0.6) is 0 Å². The maximum atomic E-state index is 11.6. The van der Waals surface area contributed by atoms with Crippen LogP contribution in [0, 0.1) is 0 Å². The number of aryl methyl sites for hydroxylation is 1. The lowest BCUT2D eigenvalue weighted by atomic mass is 9.99. The first-order valence-corrected chi connectivity index (χ1v) is 11.9. The maximum absolute atomic E-state index is 11.6. The third-order valence-corrected chi connectivity index (χ3v) is 6.12. The Morgan fingerprint density at radius 3 is 2.29 bits per heavy atom. The smallest absolute Gasteiger partial charge is 0.336 e. The van der Waals surface area contributed by atoms with E-state index in [0.29, 0.717) is 29.9 Å². The number of nitrogens with zero attached hydrogens (tertiary/aromatic N) is 3. The fourth-order valence-corrected chi connectivity index (χ4v) is 4.06. The van der Waals surface area contributed by atoms with Crippen molar-refractivity contribution in [1.82, 2.24) is 14.8 Å². The van der Waals surface area contributed by atoms with E-state index in [1.54, 1.807) is 26.4 Å². The summed E-state index contributed by atoms with van der Waals surface area (Å²) in [5.41, 5.74) is 2.92. The first kappa shape index (κ1) is 25.6. The Labute approximate surface area is 201 Å². The largest absolute Gasteiger partial charge is 0.478 e. The summed E-state index contributed by atoms with van der Waals surface area (Å²) in [6.07, 6.45) is 5.56. The number of hydrogen-bond donors (Lipinski definition) is 1. The molecule has 0 bridgehead atoms. The number of benzene rings is 2. The van der Waals surface area contributed by atoms with Crippen molar-refractivity contribution in [3.05, 3.63) is 71.3 Å². The van der Waals surface area contributed by atoms with Crippen LogP contribution in [-0.4, -0.2) is 40.1 Å². The molecule has 0 aliphatic carbocycles. The number of hydrogen-bond acceptors (Lipinski definition) is 5. The van der Waals surface area contributed by atoms with E-state index in [2.05, 4.69) is 13.8 Å². The van der Waals surface area contributed by atoms with Crippen molar-refractivity contribution in [2.45, 2.75) is 64.7 Å². The second-order valence-electron chi connectivity index (χ2n) is 8.43. The predicted molar refractivity (Wildman–Crippen MR) is 132 cm³/mol. The van der Waals surface area contributed by atoms with Gasteiger partial charge in [-0.2, -0.15) is 0 Å². The van der Waals surface area contributed by atoms with Crippen LogP contribution in [0.4, 0.5) is 0 Å². The molecule has 0 amide bonds. The van der Waals surface area contributed by atoms with E-state index in [9.17, 15) is 9.90 Å². The van der Waals surface area contributed by atoms with Crippen LogP contribution in [-0.2, 0) is 28.2 Å². The Hall–Kier alpha value is -3.03. The third-order valence-electron chi connectivity index (χ3n) is 6.12. The summed E-state index contributed by atoms with van der Waals surface area (Å²) in [5.74, 6) is -0.415. The standard InChI is InChI=1S/C27H35N3O4/c1-5-7-13-24-28-26(27(33-3,34-4)18-8-6-2)29-30(24)19-20-14-16-21(17-15-20)22-11-9-10-12-23(22)25(31)32/h9-12,14-17H,5-8,13,18-19H2,1-4H3,(H,31,32). The van der Waals surface area contributed by atoms with Gasteiger partial charge in [0.1, 0.15) is 5.82 Å². The van der Waals surface area contributed by atoms with Crippen LogP contribution in [0.25, 0.3) is 11.1 Å². The third kappa shape index (κ3) is 5.72. The highest BCUT2D eigenvalue weighted by atomic mass is 16.7. The van der Waals surface area contributed by atoms with E-state index in [-0.39, 0.29) is 0 Å². The summed E-state index contributed by atoms with van der Waals surface area (Å²) in [4.78, 5) is 16.4. The fourth-order valence-electron chi connectivity index (χ4n) is 4.06. The van der Waals surface area contributed by atoms with E-state index in [0.717, 1.165) is 49.1 Å². The summed E-state index contributed by atoms with van der Waals surface area (Å²) in [6.45, 7) is 4.85. The predicted octanol–water partition coefficient (Wildman–Crippen LogP) is 5.67. The molecule has 0 spiro atoms. The van der Waals surface area contributed by atoms with E-state index >= 15 is 0 Å². The Balaban J connectivity index is 1.90. The van der Waals surface area contributed by atoms with E-state index in [4.69, 9.17) is 19.6 Å². The van der Waals surface area contributed by atoms with Gasteiger partial charge in [-0.25, -0.2) is 14.5 Å². The summed E-state index contributed by atoms with van der Waals surface area (Å²) >= 11 is 0. The lowest BCUT2D eigenvalue weighted by molar-refractivity contribution is -0.226. The molecule has 0 unspecified atom stereocenters. The van der Waals surface area contributed by atoms with Crippen LogP contribution >= 0.6 is 0 Å². The number of aromatic carboxylic acids is 1. The zero-order chi connectivity index (χ0) is 24.6. The topological polar surface area (TPSA) is 86.5 Å². The molecule has 1 aromatic heterocycles. The Morgan fingerprint density at radius 2 is 1.68 bits per heavy atom. The number of aromatic nitrogens is 3. The molecule has 0 saturated heterocycles. The van der Waals surface area contributed by atoms with Gasteiger partial charge in [0.25, 0.3) is 0 Å². The number of carboxylic acids is 1. The van der Waals surface area contributed by atoms with Gasteiger partial charge in [-0.15, -0.1) is 5.10 Å². The molecule has 2 aromatic carbocycles. The van der Waals surface area contributed by atoms with Crippen molar-refractivity contribution in [1.29, 1.82) is 0 Å². The van der Waals surface area contributed by atoms with Crippen LogP contribution in [0.1, 0.15) is 73.5 Å². The highest BCUT2D eigenvalue weighted by Crippen LogP contribution is 2.30. The van der Waals surface area contributed by atoms with Crippen molar-refractivity contribution >= 4 is 5.97 Å². The molecule has 1 N–H and O–H groups in total. The second-order valence-corrected chi connectivity index (χ2v) is 8.43. The summed E-state index contributed by atoms with van der Waals surface area (Å²) in [5, 5.41) is 14.3. The van der Waals surface area contributed by atoms with Gasteiger partial charge < -0.3 is 14.6 Å². The molecule has 3 rings (SSSR count). The molecule has 0 radical (unpaired) electrons. The Morgan fingerprint density at radius 1 is 1.00 bits per heavy atom. The number of methoxy groups -OCH3 is 2. The Bertz CT molecular complexity index is 1070. The van der Waals surface area contributed by atoms with Crippen LogP contribution in [0.2, 0.25) is 0 Å². The minimum Gasteiger partial charge on any atom is -0.478 e. The van der Waals surface area contributed by atoms with Gasteiger partial charge in [-0.1, -0.05) is 69.2 Å². The fraction of sp³-hybridized carbons (Fsp3) is 0.444. The maximum Gasteiger partial charge on any atom is 0.336 e.